The molecule has 8 rings (SSSR count). The maximum atomic E-state index is 6.42. The van der Waals surface area contributed by atoms with Gasteiger partial charge in [-0.1, -0.05) is 85.0 Å². The van der Waals surface area contributed by atoms with Crippen molar-refractivity contribution in [3.63, 3.8) is 0 Å². The number of hydrogen-bond acceptors (Lipinski definition) is 5. The van der Waals surface area contributed by atoms with Crippen LogP contribution in [0.2, 0.25) is 0 Å². The second-order valence-corrected chi connectivity index (χ2v) is 11.6. The maximum absolute atomic E-state index is 6.42. The number of anilines is 1. The zero-order valence-electron chi connectivity index (χ0n) is 24.5. The molecule has 0 aliphatic heterocycles. The van der Waals surface area contributed by atoms with Gasteiger partial charge in [-0.25, -0.2) is 15.0 Å². The van der Waals surface area contributed by atoms with Gasteiger partial charge < -0.3 is 5.73 Å². The molecular formula is C39H31N5. The highest BCUT2D eigenvalue weighted by molar-refractivity contribution is 5.95. The van der Waals surface area contributed by atoms with E-state index in [2.05, 4.69) is 70.7 Å². The van der Waals surface area contributed by atoms with Gasteiger partial charge in [-0.15, -0.1) is 0 Å². The fraction of sp³-hybridized carbons (Fsp3) is 0.128. The predicted molar refractivity (Wildman–Crippen MR) is 180 cm³/mol. The van der Waals surface area contributed by atoms with Gasteiger partial charge in [-0.3, -0.25) is 4.98 Å². The molecular weight excluding hydrogens is 538 g/mol. The highest BCUT2D eigenvalue weighted by Crippen LogP contribution is 2.51. The van der Waals surface area contributed by atoms with Gasteiger partial charge in [-0.2, -0.15) is 0 Å². The Hall–Kier alpha value is -5.42. The Morgan fingerprint density at radius 3 is 2.39 bits per heavy atom. The van der Waals surface area contributed by atoms with Gasteiger partial charge in [0.2, 0.25) is 0 Å². The highest BCUT2D eigenvalue weighted by Gasteiger charge is 2.33. The van der Waals surface area contributed by atoms with Crippen LogP contribution in [0, 0.1) is 0 Å². The van der Waals surface area contributed by atoms with Gasteiger partial charge in [0.1, 0.15) is 5.69 Å². The molecule has 3 heterocycles. The monoisotopic (exact) mass is 569 g/mol. The molecule has 6 aromatic rings. The van der Waals surface area contributed by atoms with Crippen molar-refractivity contribution in [2.24, 2.45) is 0 Å². The third-order valence-electron chi connectivity index (χ3n) is 9.04. The van der Waals surface area contributed by atoms with Crippen molar-refractivity contribution in [3.05, 3.63) is 132 Å². The van der Waals surface area contributed by atoms with E-state index in [1.54, 1.807) is 12.4 Å². The largest absolute Gasteiger partial charge is 0.396 e. The number of aromatic nitrogens is 4. The number of allylic oxidation sites excluding steroid dienone is 3. The van der Waals surface area contributed by atoms with Crippen LogP contribution in [-0.4, -0.2) is 19.9 Å². The van der Waals surface area contributed by atoms with E-state index < -0.39 is 0 Å². The van der Waals surface area contributed by atoms with E-state index in [4.69, 9.17) is 15.7 Å². The van der Waals surface area contributed by atoms with E-state index in [1.807, 2.05) is 55.6 Å². The number of rotatable bonds is 4. The molecule has 0 saturated carbocycles. The fourth-order valence-corrected chi connectivity index (χ4v) is 6.83. The Bertz CT molecular complexity index is 2090. The lowest BCUT2D eigenvalue weighted by atomic mass is 9.68. The minimum atomic E-state index is 0.448. The van der Waals surface area contributed by atoms with Crippen molar-refractivity contribution in [1.82, 2.24) is 19.9 Å². The van der Waals surface area contributed by atoms with Gasteiger partial charge in [0, 0.05) is 41.0 Å². The molecule has 212 valence electrons. The lowest BCUT2D eigenvalue weighted by molar-refractivity contribution is 0.547. The number of nitrogen functional groups attached to an aromatic ring is 1. The summed E-state index contributed by atoms with van der Waals surface area (Å²) in [5.74, 6) is 1.56. The molecule has 2 N–H and O–H groups in total. The van der Waals surface area contributed by atoms with Gasteiger partial charge in [-0.05, 0) is 77.3 Å². The first-order valence-corrected chi connectivity index (χ1v) is 15.2. The average Bonchev–Trinajstić information content (AvgIpc) is 3.09. The van der Waals surface area contributed by atoms with Gasteiger partial charge in [0.25, 0.3) is 0 Å². The van der Waals surface area contributed by atoms with E-state index in [0.717, 1.165) is 39.7 Å². The molecule has 2 atom stereocenters. The zero-order valence-corrected chi connectivity index (χ0v) is 24.5. The number of fused-ring (bicyclic) bond motifs is 7. The van der Waals surface area contributed by atoms with Crippen LogP contribution in [0.1, 0.15) is 48.3 Å². The van der Waals surface area contributed by atoms with Crippen LogP contribution in [0.25, 0.3) is 62.0 Å². The van der Waals surface area contributed by atoms with Crippen molar-refractivity contribution in [2.45, 2.75) is 31.6 Å². The summed E-state index contributed by atoms with van der Waals surface area (Å²) in [6, 6.07) is 28.0. The van der Waals surface area contributed by atoms with Crippen LogP contribution in [-0.2, 0) is 0 Å². The molecule has 0 radical (unpaired) electrons. The zero-order chi connectivity index (χ0) is 29.6. The normalized spacial score (nSPS) is 16.9. The first kappa shape index (κ1) is 26.2. The topological polar surface area (TPSA) is 77.6 Å². The van der Waals surface area contributed by atoms with Gasteiger partial charge in [0.05, 0.1) is 16.9 Å². The van der Waals surface area contributed by atoms with E-state index in [0.29, 0.717) is 29.0 Å². The summed E-state index contributed by atoms with van der Waals surface area (Å²) < 4.78 is 0. The molecule has 0 spiro atoms. The van der Waals surface area contributed by atoms with Crippen LogP contribution >= 0.6 is 0 Å². The van der Waals surface area contributed by atoms with Crippen molar-refractivity contribution in [1.29, 1.82) is 0 Å². The van der Waals surface area contributed by atoms with E-state index in [1.165, 1.54) is 34.2 Å². The number of nitrogens with zero attached hydrogens (tertiary/aromatic N) is 4. The Kier molecular flexibility index (Phi) is 6.37. The summed E-state index contributed by atoms with van der Waals surface area (Å²) in [6.45, 7) is 1.97. The van der Waals surface area contributed by atoms with Crippen LogP contribution in [0.5, 0.6) is 0 Å². The minimum absolute atomic E-state index is 0.448. The molecule has 2 unspecified atom stereocenters. The minimum Gasteiger partial charge on any atom is -0.396 e. The van der Waals surface area contributed by atoms with E-state index >= 15 is 0 Å². The van der Waals surface area contributed by atoms with Crippen molar-refractivity contribution >= 4 is 22.7 Å². The predicted octanol–water partition coefficient (Wildman–Crippen LogP) is 9.23. The molecule has 0 saturated heterocycles. The van der Waals surface area contributed by atoms with Crippen LogP contribution in [0.3, 0.4) is 0 Å². The number of hydrogen-bond donors (Lipinski definition) is 1. The molecule has 3 aromatic heterocycles. The highest BCUT2D eigenvalue weighted by atomic mass is 14.9. The van der Waals surface area contributed by atoms with Gasteiger partial charge in [0.15, 0.2) is 5.82 Å². The molecule has 5 nitrogen and oxygen atoms in total. The second-order valence-electron chi connectivity index (χ2n) is 11.6. The van der Waals surface area contributed by atoms with Crippen LogP contribution < -0.4 is 5.73 Å². The maximum Gasteiger partial charge on any atom is 0.178 e. The number of benzene rings is 3. The Morgan fingerprint density at radius 2 is 1.55 bits per heavy atom. The number of pyridine rings is 2. The summed E-state index contributed by atoms with van der Waals surface area (Å²) in [5, 5.41) is 0.985. The first-order valence-electron chi connectivity index (χ1n) is 15.2. The molecule has 3 aromatic carbocycles. The Morgan fingerprint density at radius 1 is 0.750 bits per heavy atom. The lowest BCUT2D eigenvalue weighted by Crippen LogP contribution is -2.18. The third-order valence-corrected chi connectivity index (χ3v) is 9.04. The summed E-state index contributed by atoms with van der Waals surface area (Å²) in [7, 11) is 0. The van der Waals surface area contributed by atoms with Crippen LogP contribution in [0.4, 0.5) is 5.69 Å². The number of nitrogens with two attached hydrogens (primary N) is 1. The molecule has 0 fully saturated rings. The standard InChI is InChI=1S/C39H31N5/c1-2-7-24-12-13-25-15-19-36(44-38(25)37(24)40)39-42-22-28(23-43-39)35-18-16-27(21-41-35)26-14-17-33-31-10-4-3-8-29(31)30-9-5-6-11-32(30)34(33)20-26/h2,4-7,9-23,29,31H,3,8,40H2,1H3/b7-2-. The van der Waals surface area contributed by atoms with Crippen molar-refractivity contribution < 1.29 is 0 Å². The second kappa shape index (κ2) is 10.7. The molecule has 0 bridgehead atoms. The Labute approximate surface area is 256 Å². The van der Waals surface area contributed by atoms with E-state index in [-0.39, 0.29) is 0 Å². The summed E-state index contributed by atoms with van der Waals surface area (Å²) in [6.07, 6.45) is 16.6. The molecule has 44 heavy (non-hydrogen) atoms. The average molecular weight is 570 g/mol. The van der Waals surface area contributed by atoms with Crippen LogP contribution in [0.15, 0.2) is 116 Å². The molecule has 2 aliphatic carbocycles. The SMILES string of the molecule is C/C=C\c1ccc2ccc(-c3ncc(-c4ccc(-c5ccc6c(c5)-c5ccccc5C5CCC=CC65)cn4)cn3)nc2c1N. The first-order chi connectivity index (χ1) is 21.7. The molecule has 0 amide bonds. The summed E-state index contributed by atoms with van der Waals surface area (Å²) in [5.41, 5.74) is 19.0. The van der Waals surface area contributed by atoms with E-state index in [9.17, 15) is 0 Å². The van der Waals surface area contributed by atoms with Gasteiger partial charge >= 0.3 is 0 Å². The third kappa shape index (κ3) is 4.40. The van der Waals surface area contributed by atoms with Crippen molar-refractivity contribution in [2.75, 3.05) is 5.73 Å². The lowest BCUT2D eigenvalue weighted by Gasteiger charge is -2.36. The summed E-state index contributed by atoms with van der Waals surface area (Å²) >= 11 is 0. The quantitative estimate of drug-likeness (QED) is 0.169. The smallest absolute Gasteiger partial charge is 0.178 e. The fourth-order valence-electron chi connectivity index (χ4n) is 6.83. The molecule has 2 aliphatic rings. The van der Waals surface area contributed by atoms with Crippen molar-refractivity contribution in [3.8, 4) is 45.0 Å². The molecule has 5 heteroatoms. The summed E-state index contributed by atoms with van der Waals surface area (Å²) in [4.78, 5) is 18.9. The Balaban J connectivity index is 1.08.